The lowest BCUT2D eigenvalue weighted by Gasteiger charge is -2.13. The van der Waals surface area contributed by atoms with E-state index in [9.17, 15) is 4.79 Å². The van der Waals surface area contributed by atoms with Crippen molar-refractivity contribution in [3.8, 4) is 0 Å². The van der Waals surface area contributed by atoms with Crippen LogP contribution in [0.15, 0.2) is 18.2 Å². The van der Waals surface area contributed by atoms with E-state index in [0.717, 1.165) is 16.7 Å². The molecule has 14 heavy (non-hydrogen) atoms. The first-order chi connectivity index (χ1) is 6.56. The van der Waals surface area contributed by atoms with Crippen LogP contribution >= 0.6 is 0 Å². The topological polar surface area (TPSA) is 63.3 Å². The van der Waals surface area contributed by atoms with Crippen LogP contribution in [0.1, 0.15) is 29.7 Å². The molecular formula is C11H15NO2. The second-order valence-corrected chi connectivity index (χ2v) is 3.45. The normalized spacial score (nSPS) is 12.6. The Bertz CT molecular complexity index is 347. The molecular weight excluding hydrogens is 178 g/mol. The van der Waals surface area contributed by atoms with Crippen molar-refractivity contribution in [1.29, 1.82) is 0 Å². The number of ketones is 1. The van der Waals surface area contributed by atoms with Gasteiger partial charge < -0.3 is 10.8 Å². The third-order valence-corrected chi connectivity index (χ3v) is 2.24. The number of benzene rings is 1. The van der Waals surface area contributed by atoms with Crippen molar-refractivity contribution < 1.29 is 9.90 Å². The first kappa shape index (κ1) is 10.9. The highest BCUT2D eigenvalue weighted by atomic mass is 16.3. The van der Waals surface area contributed by atoms with E-state index in [2.05, 4.69) is 0 Å². The van der Waals surface area contributed by atoms with Gasteiger partial charge in [0.05, 0.1) is 12.6 Å². The Morgan fingerprint density at radius 3 is 2.71 bits per heavy atom. The van der Waals surface area contributed by atoms with Gasteiger partial charge in [0.15, 0.2) is 5.78 Å². The van der Waals surface area contributed by atoms with Gasteiger partial charge in [-0.2, -0.15) is 0 Å². The minimum Gasteiger partial charge on any atom is -0.392 e. The van der Waals surface area contributed by atoms with Crippen LogP contribution in [0.4, 0.5) is 0 Å². The fourth-order valence-electron chi connectivity index (χ4n) is 1.37. The Balaban J connectivity index is 3.16. The summed E-state index contributed by atoms with van der Waals surface area (Å²) >= 11 is 0. The summed E-state index contributed by atoms with van der Waals surface area (Å²) in [5, 5.41) is 9.07. The molecule has 0 aromatic heterocycles. The maximum Gasteiger partial charge on any atom is 0.150 e. The van der Waals surface area contributed by atoms with Crippen LogP contribution < -0.4 is 5.73 Å². The van der Waals surface area contributed by atoms with Crippen LogP contribution in [-0.2, 0) is 11.4 Å². The average molecular weight is 193 g/mol. The standard InChI is InChI=1S/C11H15NO2/c1-7-3-4-9(6-13)10(5-7)11(12)8(2)14/h3-5,11,13H,6,12H2,1-2H3. The molecule has 0 saturated heterocycles. The molecule has 1 aromatic carbocycles. The van der Waals surface area contributed by atoms with E-state index in [1.165, 1.54) is 6.92 Å². The maximum atomic E-state index is 11.1. The molecule has 3 N–H and O–H groups in total. The highest BCUT2D eigenvalue weighted by molar-refractivity contribution is 5.83. The second kappa shape index (κ2) is 4.35. The molecule has 0 aliphatic heterocycles. The lowest BCUT2D eigenvalue weighted by molar-refractivity contribution is -0.118. The van der Waals surface area contributed by atoms with Crippen molar-refractivity contribution in [3.63, 3.8) is 0 Å². The lowest BCUT2D eigenvalue weighted by Crippen LogP contribution is -2.20. The third-order valence-electron chi connectivity index (χ3n) is 2.24. The Morgan fingerprint density at radius 1 is 1.57 bits per heavy atom. The highest BCUT2D eigenvalue weighted by Gasteiger charge is 2.14. The number of aliphatic hydroxyl groups excluding tert-OH is 1. The van der Waals surface area contributed by atoms with Crippen LogP contribution in [0, 0.1) is 6.92 Å². The molecule has 0 fully saturated rings. The van der Waals surface area contributed by atoms with Crippen molar-refractivity contribution in [2.45, 2.75) is 26.5 Å². The summed E-state index contributed by atoms with van der Waals surface area (Å²) in [5.74, 6) is -0.0923. The Morgan fingerprint density at radius 2 is 2.21 bits per heavy atom. The molecule has 3 nitrogen and oxygen atoms in total. The van der Waals surface area contributed by atoms with Gasteiger partial charge in [0.25, 0.3) is 0 Å². The average Bonchev–Trinajstić information content (AvgIpc) is 2.16. The number of hydrogen-bond donors (Lipinski definition) is 2. The number of hydrogen-bond acceptors (Lipinski definition) is 3. The Hall–Kier alpha value is -1.19. The van der Waals surface area contributed by atoms with Crippen LogP contribution in [0.5, 0.6) is 0 Å². The number of Topliss-reactive ketones (excluding diaryl/α,β-unsaturated/α-hetero) is 1. The highest BCUT2D eigenvalue weighted by Crippen LogP contribution is 2.18. The van der Waals surface area contributed by atoms with E-state index in [-0.39, 0.29) is 12.4 Å². The molecule has 0 aliphatic carbocycles. The first-order valence-corrected chi connectivity index (χ1v) is 4.52. The molecule has 76 valence electrons. The third kappa shape index (κ3) is 2.19. The van der Waals surface area contributed by atoms with Crippen LogP contribution in [-0.4, -0.2) is 10.9 Å². The second-order valence-electron chi connectivity index (χ2n) is 3.45. The zero-order chi connectivity index (χ0) is 10.7. The van der Waals surface area contributed by atoms with Crippen LogP contribution in [0.3, 0.4) is 0 Å². The van der Waals surface area contributed by atoms with Gasteiger partial charge >= 0.3 is 0 Å². The quantitative estimate of drug-likeness (QED) is 0.755. The van der Waals surface area contributed by atoms with Gasteiger partial charge in [-0.15, -0.1) is 0 Å². The molecule has 0 saturated carbocycles. The van der Waals surface area contributed by atoms with Crippen LogP contribution in [0.25, 0.3) is 0 Å². The fourth-order valence-corrected chi connectivity index (χ4v) is 1.37. The Kier molecular flexibility index (Phi) is 3.38. The fraction of sp³-hybridized carbons (Fsp3) is 0.364. The molecule has 0 bridgehead atoms. The summed E-state index contributed by atoms with van der Waals surface area (Å²) in [4.78, 5) is 11.1. The molecule has 1 rings (SSSR count). The monoisotopic (exact) mass is 193 g/mol. The summed E-state index contributed by atoms with van der Waals surface area (Å²) in [6, 6.07) is 4.91. The molecule has 3 heteroatoms. The van der Waals surface area contributed by atoms with E-state index in [1.807, 2.05) is 19.1 Å². The van der Waals surface area contributed by atoms with E-state index in [1.54, 1.807) is 6.07 Å². The van der Waals surface area contributed by atoms with Crippen molar-refractivity contribution in [3.05, 3.63) is 34.9 Å². The predicted octanol–water partition coefficient (Wildman–Crippen LogP) is 1.08. The summed E-state index contributed by atoms with van der Waals surface area (Å²) in [5.41, 5.74) is 8.20. The molecule has 0 amide bonds. The largest absolute Gasteiger partial charge is 0.392 e. The molecule has 0 radical (unpaired) electrons. The van der Waals surface area contributed by atoms with Gasteiger partial charge in [0.1, 0.15) is 0 Å². The van der Waals surface area contributed by atoms with Crippen molar-refractivity contribution >= 4 is 5.78 Å². The van der Waals surface area contributed by atoms with Gasteiger partial charge in [-0.25, -0.2) is 0 Å². The maximum absolute atomic E-state index is 11.1. The smallest absolute Gasteiger partial charge is 0.150 e. The molecule has 0 spiro atoms. The van der Waals surface area contributed by atoms with Gasteiger partial charge in [-0.05, 0) is 25.0 Å². The number of carbonyl (C=O) groups is 1. The number of nitrogens with two attached hydrogens (primary N) is 1. The number of carbonyl (C=O) groups excluding carboxylic acids is 1. The Labute approximate surface area is 83.6 Å². The summed E-state index contributed by atoms with van der Waals surface area (Å²) in [7, 11) is 0. The summed E-state index contributed by atoms with van der Waals surface area (Å²) < 4.78 is 0. The lowest BCUT2D eigenvalue weighted by atomic mass is 9.97. The molecule has 1 atom stereocenters. The van der Waals surface area contributed by atoms with Gasteiger partial charge in [0, 0.05) is 0 Å². The van der Waals surface area contributed by atoms with E-state index >= 15 is 0 Å². The molecule has 0 aliphatic rings. The van der Waals surface area contributed by atoms with Gasteiger partial charge in [0.2, 0.25) is 0 Å². The molecule has 1 unspecified atom stereocenters. The minimum atomic E-state index is -0.628. The molecule has 1 aromatic rings. The number of aliphatic hydroxyl groups is 1. The van der Waals surface area contributed by atoms with Crippen molar-refractivity contribution in [2.24, 2.45) is 5.73 Å². The van der Waals surface area contributed by atoms with Gasteiger partial charge in [-0.1, -0.05) is 23.8 Å². The van der Waals surface area contributed by atoms with E-state index in [0.29, 0.717) is 0 Å². The summed E-state index contributed by atoms with van der Waals surface area (Å²) in [6.45, 7) is 3.29. The van der Waals surface area contributed by atoms with Gasteiger partial charge in [-0.3, -0.25) is 4.79 Å². The van der Waals surface area contributed by atoms with E-state index in [4.69, 9.17) is 10.8 Å². The minimum absolute atomic E-state index is 0.0867. The molecule has 0 heterocycles. The summed E-state index contributed by atoms with van der Waals surface area (Å²) in [6.07, 6.45) is 0. The SMILES string of the molecule is CC(=O)C(N)c1cc(C)ccc1CO. The zero-order valence-corrected chi connectivity index (χ0v) is 8.45. The van der Waals surface area contributed by atoms with Crippen molar-refractivity contribution in [1.82, 2.24) is 0 Å². The number of rotatable bonds is 3. The predicted molar refractivity (Wildman–Crippen MR) is 54.7 cm³/mol. The van der Waals surface area contributed by atoms with Crippen LogP contribution in [0.2, 0.25) is 0 Å². The van der Waals surface area contributed by atoms with E-state index < -0.39 is 6.04 Å². The first-order valence-electron chi connectivity index (χ1n) is 4.52. The van der Waals surface area contributed by atoms with Crippen molar-refractivity contribution in [2.75, 3.05) is 0 Å². The zero-order valence-electron chi connectivity index (χ0n) is 8.45. The number of aryl methyl sites for hydroxylation is 1.